The first-order valence-corrected chi connectivity index (χ1v) is 13.6. The third-order valence-corrected chi connectivity index (χ3v) is 8.29. The Kier molecular flexibility index (Phi) is 5.96. The summed E-state index contributed by atoms with van der Waals surface area (Å²) in [4.78, 5) is 20.2. The number of aromatic nitrogens is 5. The lowest BCUT2D eigenvalue weighted by atomic mass is 9.98. The number of hydrogen-bond donors (Lipinski definition) is 1. The molecule has 3 aromatic heterocycles. The summed E-state index contributed by atoms with van der Waals surface area (Å²) in [6, 6.07) is 11.4. The molecular formula is C29H27ClFN7O. The van der Waals surface area contributed by atoms with Crippen LogP contribution < -0.4 is 15.4 Å². The van der Waals surface area contributed by atoms with Crippen LogP contribution in [-0.2, 0) is 6.54 Å². The van der Waals surface area contributed by atoms with Gasteiger partial charge in [-0.2, -0.15) is 9.97 Å². The molecule has 7 rings (SSSR count). The van der Waals surface area contributed by atoms with Crippen LogP contribution in [0.2, 0.25) is 5.02 Å². The maximum atomic E-state index is 16.4. The van der Waals surface area contributed by atoms with Crippen molar-refractivity contribution in [1.29, 1.82) is 0 Å². The van der Waals surface area contributed by atoms with Gasteiger partial charge >= 0.3 is 6.01 Å². The summed E-state index contributed by atoms with van der Waals surface area (Å²) in [6.45, 7) is 2.50. The third-order valence-electron chi connectivity index (χ3n) is 7.97. The van der Waals surface area contributed by atoms with Crippen LogP contribution in [0.4, 0.5) is 16.2 Å². The first-order valence-electron chi connectivity index (χ1n) is 13.2. The van der Waals surface area contributed by atoms with Crippen molar-refractivity contribution in [2.45, 2.75) is 25.8 Å². The number of rotatable bonds is 6. The van der Waals surface area contributed by atoms with Gasteiger partial charge in [0, 0.05) is 47.7 Å². The quantitative estimate of drug-likeness (QED) is 0.292. The summed E-state index contributed by atoms with van der Waals surface area (Å²) in [7, 11) is 0. The van der Waals surface area contributed by atoms with E-state index in [-0.39, 0.29) is 23.8 Å². The molecule has 2 aliphatic rings. The normalized spacial score (nSPS) is 18.8. The van der Waals surface area contributed by atoms with Gasteiger partial charge in [-0.1, -0.05) is 41.9 Å². The number of imidazole rings is 1. The van der Waals surface area contributed by atoms with Crippen molar-refractivity contribution < 1.29 is 9.13 Å². The molecule has 0 radical (unpaired) electrons. The molecular weight excluding hydrogens is 517 g/mol. The molecule has 2 N–H and O–H groups in total. The lowest BCUT2D eigenvalue weighted by Crippen LogP contribution is -2.37. The van der Waals surface area contributed by atoms with E-state index in [0.29, 0.717) is 46.1 Å². The predicted molar refractivity (Wildman–Crippen MR) is 150 cm³/mol. The second kappa shape index (κ2) is 9.64. The van der Waals surface area contributed by atoms with E-state index in [9.17, 15) is 0 Å². The monoisotopic (exact) mass is 543 g/mol. The first-order chi connectivity index (χ1) is 19.0. The molecule has 4 heterocycles. The van der Waals surface area contributed by atoms with Crippen molar-refractivity contribution in [1.82, 2.24) is 24.5 Å². The number of halogens is 2. The van der Waals surface area contributed by atoms with E-state index in [1.807, 2.05) is 30.3 Å². The van der Waals surface area contributed by atoms with Gasteiger partial charge in [-0.05, 0) is 42.6 Å². The minimum absolute atomic E-state index is 0.126. The molecule has 1 saturated carbocycles. The van der Waals surface area contributed by atoms with Crippen LogP contribution in [0.25, 0.3) is 32.9 Å². The number of nitrogens with two attached hydrogens (primary N) is 1. The number of hydrogen-bond acceptors (Lipinski definition) is 7. The van der Waals surface area contributed by atoms with Crippen LogP contribution in [0.15, 0.2) is 55.0 Å². The Morgan fingerprint density at radius 3 is 2.62 bits per heavy atom. The zero-order valence-electron chi connectivity index (χ0n) is 21.2. The number of benzene rings is 2. The van der Waals surface area contributed by atoms with E-state index in [4.69, 9.17) is 27.1 Å². The van der Waals surface area contributed by atoms with Crippen LogP contribution in [0.1, 0.15) is 19.3 Å². The lowest BCUT2D eigenvalue weighted by Gasteiger charge is -2.33. The van der Waals surface area contributed by atoms with E-state index in [2.05, 4.69) is 19.9 Å². The Hall–Kier alpha value is -3.98. The van der Waals surface area contributed by atoms with Gasteiger partial charge in [-0.25, -0.2) is 9.37 Å². The molecule has 198 valence electrons. The molecule has 10 heteroatoms. The zero-order valence-corrected chi connectivity index (χ0v) is 22.0. The maximum absolute atomic E-state index is 16.4. The minimum Gasteiger partial charge on any atom is -0.461 e. The summed E-state index contributed by atoms with van der Waals surface area (Å²) < 4.78 is 24.2. The fraction of sp³-hybridized carbons (Fsp3) is 0.310. The summed E-state index contributed by atoms with van der Waals surface area (Å²) in [6.07, 6.45) is 8.78. The van der Waals surface area contributed by atoms with Crippen LogP contribution >= 0.6 is 11.6 Å². The minimum atomic E-state index is -0.521. The fourth-order valence-electron chi connectivity index (χ4n) is 6.15. The summed E-state index contributed by atoms with van der Waals surface area (Å²) >= 11 is 6.56. The second-order valence-electron chi connectivity index (χ2n) is 10.4. The van der Waals surface area contributed by atoms with Crippen molar-refractivity contribution in [3.05, 3.63) is 65.8 Å². The number of anilines is 2. The number of piperidine rings is 1. The van der Waals surface area contributed by atoms with E-state index in [1.54, 1.807) is 29.2 Å². The highest BCUT2D eigenvalue weighted by atomic mass is 35.5. The van der Waals surface area contributed by atoms with E-state index in [1.165, 1.54) is 19.3 Å². The second-order valence-corrected chi connectivity index (χ2v) is 10.8. The molecule has 2 bridgehead atoms. The smallest absolute Gasteiger partial charge is 0.319 e. The van der Waals surface area contributed by atoms with Crippen molar-refractivity contribution in [3.8, 4) is 17.3 Å². The third kappa shape index (κ3) is 4.30. The molecule has 0 spiro atoms. The Morgan fingerprint density at radius 2 is 1.85 bits per heavy atom. The highest BCUT2D eigenvalue weighted by molar-refractivity contribution is 6.36. The van der Waals surface area contributed by atoms with Crippen LogP contribution in [-0.4, -0.2) is 44.2 Å². The van der Waals surface area contributed by atoms with Gasteiger partial charge < -0.3 is 19.9 Å². The highest BCUT2D eigenvalue weighted by Gasteiger charge is 2.34. The van der Waals surface area contributed by atoms with E-state index < -0.39 is 5.82 Å². The standard InChI is InChI=1S/C29H27ClFN7O/c30-22-6-2-4-19-3-1-5-20(23(19)22)25-24(31)26-21(14-34-25)27(38-15-17-7-8-18(13-17)16-38)36-29(35-26)39-12-11-37-10-9-33-28(37)32/h1-6,9-10,14,17-18H,7-8,11-13,15-16H2,(H2,32,33). The maximum Gasteiger partial charge on any atom is 0.319 e. The van der Waals surface area contributed by atoms with Crippen molar-refractivity contribution in [2.75, 3.05) is 30.3 Å². The van der Waals surface area contributed by atoms with Crippen molar-refractivity contribution in [3.63, 3.8) is 0 Å². The number of pyridine rings is 1. The Balaban J connectivity index is 1.33. The molecule has 0 amide bonds. The molecule has 8 nitrogen and oxygen atoms in total. The summed E-state index contributed by atoms with van der Waals surface area (Å²) in [5, 5.41) is 2.79. The van der Waals surface area contributed by atoms with Gasteiger partial charge in [-0.3, -0.25) is 4.98 Å². The SMILES string of the molecule is Nc1nccn1CCOc1nc(N2CC3CCC(C3)C2)c2cnc(-c3cccc4cccc(Cl)c34)c(F)c2n1. The fourth-order valence-corrected chi connectivity index (χ4v) is 6.44. The summed E-state index contributed by atoms with van der Waals surface area (Å²) in [5.74, 6) is 1.79. The largest absolute Gasteiger partial charge is 0.461 e. The Bertz CT molecular complexity index is 1690. The van der Waals surface area contributed by atoms with Gasteiger partial charge in [0.2, 0.25) is 0 Å². The van der Waals surface area contributed by atoms with Gasteiger partial charge in [-0.15, -0.1) is 0 Å². The topological polar surface area (TPSA) is 95.0 Å². The van der Waals surface area contributed by atoms with Crippen molar-refractivity contribution >= 4 is 45.0 Å². The van der Waals surface area contributed by atoms with Crippen LogP contribution in [0, 0.1) is 17.7 Å². The van der Waals surface area contributed by atoms with Crippen LogP contribution in [0.5, 0.6) is 6.01 Å². The number of nitrogens with zero attached hydrogens (tertiary/aromatic N) is 6. The highest BCUT2D eigenvalue weighted by Crippen LogP contribution is 2.41. The number of ether oxygens (including phenoxy) is 1. The Labute approximate surface area is 229 Å². The lowest BCUT2D eigenvalue weighted by molar-refractivity contribution is 0.277. The zero-order chi connectivity index (χ0) is 26.5. The molecule has 2 aromatic carbocycles. The van der Waals surface area contributed by atoms with E-state index in [0.717, 1.165) is 23.9 Å². The Morgan fingerprint density at radius 1 is 1.05 bits per heavy atom. The molecule has 1 aliphatic carbocycles. The average Bonchev–Trinajstić information content (AvgIpc) is 3.51. The number of nitrogen functional groups attached to an aromatic ring is 1. The molecule has 1 saturated heterocycles. The van der Waals surface area contributed by atoms with Crippen molar-refractivity contribution in [2.24, 2.45) is 11.8 Å². The van der Waals surface area contributed by atoms with Gasteiger partial charge in [0.1, 0.15) is 23.6 Å². The van der Waals surface area contributed by atoms with Gasteiger partial charge in [0.15, 0.2) is 11.8 Å². The van der Waals surface area contributed by atoms with Gasteiger partial charge in [0.05, 0.1) is 11.9 Å². The average molecular weight is 544 g/mol. The molecule has 5 aromatic rings. The predicted octanol–water partition coefficient (Wildman–Crippen LogP) is 5.73. The molecule has 1 aliphatic heterocycles. The molecule has 39 heavy (non-hydrogen) atoms. The van der Waals surface area contributed by atoms with Crippen LogP contribution in [0.3, 0.4) is 0 Å². The first kappa shape index (κ1) is 24.1. The molecule has 2 fully saturated rings. The molecule has 2 unspecified atom stereocenters. The summed E-state index contributed by atoms with van der Waals surface area (Å²) in [5.41, 5.74) is 6.88. The van der Waals surface area contributed by atoms with E-state index >= 15 is 4.39 Å². The molecule has 2 atom stereocenters. The number of fused-ring (bicyclic) bond motifs is 4. The van der Waals surface area contributed by atoms with Gasteiger partial charge in [0.25, 0.3) is 0 Å².